The minimum Gasteiger partial charge on any atom is -0.330 e. The second kappa shape index (κ2) is 4.64. The van der Waals surface area contributed by atoms with Gasteiger partial charge in [-0.25, -0.2) is 0 Å². The third-order valence-electron chi connectivity index (χ3n) is 3.17. The van der Waals surface area contributed by atoms with Crippen LogP contribution < -0.4 is 5.73 Å². The van der Waals surface area contributed by atoms with E-state index < -0.39 is 0 Å². The van der Waals surface area contributed by atoms with Crippen molar-refractivity contribution in [3.63, 3.8) is 0 Å². The number of hydrogen-bond acceptors (Lipinski definition) is 2. The summed E-state index contributed by atoms with van der Waals surface area (Å²) in [6.07, 6.45) is 2.19. The highest BCUT2D eigenvalue weighted by molar-refractivity contribution is 9.10. The lowest BCUT2D eigenvalue weighted by Gasteiger charge is -2.34. The maximum atomic E-state index is 5.67. The summed E-state index contributed by atoms with van der Waals surface area (Å²) in [6, 6.07) is 7.11. The lowest BCUT2D eigenvalue weighted by molar-refractivity contribution is 0.222. The molecule has 1 aromatic rings. The number of nitrogens with zero attached hydrogens (tertiary/aromatic N) is 1. The molecule has 1 unspecified atom stereocenters. The highest BCUT2D eigenvalue weighted by atomic mass is 79.9. The van der Waals surface area contributed by atoms with E-state index in [1.165, 1.54) is 15.6 Å². The molecule has 0 aliphatic carbocycles. The van der Waals surface area contributed by atoms with Crippen molar-refractivity contribution in [2.24, 2.45) is 5.73 Å². The van der Waals surface area contributed by atoms with E-state index in [2.05, 4.69) is 46.1 Å². The zero-order valence-electron chi connectivity index (χ0n) is 9.04. The molecule has 1 heterocycles. The monoisotopic (exact) mass is 268 g/mol. The van der Waals surface area contributed by atoms with Crippen molar-refractivity contribution in [2.45, 2.75) is 18.9 Å². The molecule has 0 spiro atoms. The predicted octanol–water partition coefficient (Wildman–Crippen LogP) is 2.33. The first kappa shape index (κ1) is 11.1. The second-order valence-electron chi connectivity index (χ2n) is 4.17. The Bertz CT molecular complexity index is 351. The standard InChI is InChI=1S/C12H17BrN2/c1-15-7-5-9-8-10(13)2-3-11(9)12(15)4-6-14/h2-3,8,12H,4-7,14H2,1H3. The number of rotatable bonds is 2. The molecule has 1 atom stereocenters. The molecule has 0 amide bonds. The molecule has 2 N–H and O–H groups in total. The normalized spacial score (nSPS) is 21.4. The summed E-state index contributed by atoms with van der Waals surface area (Å²) >= 11 is 3.53. The minimum atomic E-state index is 0.506. The van der Waals surface area contributed by atoms with Gasteiger partial charge >= 0.3 is 0 Å². The van der Waals surface area contributed by atoms with Crippen LogP contribution in [0, 0.1) is 0 Å². The maximum absolute atomic E-state index is 5.67. The first-order valence-electron chi connectivity index (χ1n) is 5.41. The number of nitrogens with two attached hydrogens (primary N) is 1. The van der Waals surface area contributed by atoms with Crippen LogP contribution in [0.3, 0.4) is 0 Å². The van der Waals surface area contributed by atoms with Gasteiger partial charge in [0.25, 0.3) is 0 Å². The van der Waals surface area contributed by atoms with Crippen LogP contribution in [0.1, 0.15) is 23.6 Å². The van der Waals surface area contributed by atoms with Crippen molar-refractivity contribution >= 4 is 15.9 Å². The lowest BCUT2D eigenvalue weighted by atomic mass is 9.91. The van der Waals surface area contributed by atoms with Crippen LogP contribution in [0.25, 0.3) is 0 Å². The van der Waals surface area contributed by atoms with Gasteiger partial charge in [-0.15, -0.1) is 0 Å². The lowest BCUT2D eigenvalue weighted by Crippen LogP contribution is -2.33. The Morgan fingerprint density at radius 3 is 3.07 bits per heavy atom. The maximum Gasteiger partial charge on any atom is 0.0359 e. The van der Waals surface area contributed by atoms with Crippen molar-refractivity contribution in [3.05, 3.63) is 33.8 Å². The number of fused-ring (bicyclic) bond motifs is 1. The summed E-state index contributed by atoms with van der Waals surface area (Å²) in [4.78, 5) is 2.41. The molecule has 15 heavy (non-hydrogen) atoms. The molecule has 0 radical (unpaired) electrons. The molecule has 82 valence electrons. The van der Waals surface area contributed by atoms with Gasteiger partial charge in [0.1, 0.15) is 0 Å². The van der Waals surface area contributed by atoms with Gasteiger partial charge in [-0.1, -0.05) is 22.0 Å². The van der Waals surface area contributed by atoms with Crippen molar-refractivity contribution < 1.29 is 0 Å². The first-order chi connectivity index (χ1) is 7.22. The molecule has 2 rings (SSSR count). The summed E-state index contributed by atoms with van der Waals surface area (Å²) in [6.45, 7) is 1.89. The number of likely N-dealkylation sites (N-methyl/N-ethyl adjacent to an activating group) is 1. The molecule has 1 aromatic carbocycles. The van der Waals surface area contributed by atoms with Crippen LogP contribution in [0.4, 0.5) is 0 Å². The predicted molar refractivity (Wildman–Crippen MR) is 66.9 cm³/mol. The Morgan fingerprint density at radius 2 is 2.33 bits per heavy atom. The van der Waals surface area contributed by atoms with E-state index in [0.717, 1.165) is 25.9 Å². The smallest absolute Gasteiger partial charge is 0.0359 e. The Kier molecular flexibility index (Phi) is 3.44. The topological polar surface area (TPSA) is 29.3 Å². The van der Waals surface area contributed by atoms with Gasteiger partial charge in [0.05, 0.1) is 0 Å². The van der Waals surface area contributed by atoms with Crippen LogP contribution in [0.15, 0.2) is 22.7 Å². The van der Waals surface area contributed by atoms with Gasteiger partial charge in [0.15, 0.2) is 0 Å². The van der Waals surface area contributed by atoms with Crippen molar-refractivity contribution in [2.75, 3.05) is 20.1 Å². The van der Waals surface area contributed by atoms with Crippen LogP contribution in [0.2, 0.25) is 0 Å². The third-order valence-corrected chi connectivity index (χ3v) is 3.66. The van der Waals surface area contributed by atoms with E-state index in [-0.39, 0.29) is 0 Å². The summed E-state index contributed by atoms with van der Waals surface area (Å²) in [5.41, 5.74) is 8.60. The quantitative estimate of drug-likeness (QED) is 0.892. The Hall–Kier alpha value is -0.380. The van der Waals surface area contributed by atoms with Crippen LogP contribution in [-0.2, 0) is 6.42 Å². The molecule has 0 aromatic heterocycles. The number of halogens is 1. The van der Waals surface area contributed by atoms with Gasteiger partial charge in [0, 0.05) is 17.1 Å². The first-order valence-corrected chi connectivity index (χ1v) is 6.20. The van der Waals surface area contributed by atoms with Gasteiger partial charge in [-0.2, -0.15) is 0 Å². The van der Waals surface area contributed by atoms with E-state index in [0.29, 0.717) is 6.04 Å². The highest BCUT2D eigenvalue weighted by Gasteiger charge is 2.23. The Labute approximate surface area is 99.6 Å². The van der Waals surface area contributed by atoms with E-state index in [1.54, 1.807) is 0 Å². The summed E-state index contributed by atoms with van der Waals surface area (Å²) < 4.78 is 1.18. The molecule has 0 fully saturated rings. The van der Waals surface area contributed by atoms with Gasteiger partial charge in [-0.3, -0.25) is 4.90 Å². The molecule has 1 aliphatic heterocycles. The van der Waals surface area contributed by atoms with Crippen LogP contribution >= 0.6 is 15.9 Å². The van der Waals surface area contributed by atoms with Crippen molar-refractivity contribution in [1.29, 1.82) is 0 Å². The number of benzene rings is 1. The van der Waals surface area contributed by atoms with Gasteiger partial charge in [0.2, 0.25) is 0 Å². The largest absolute Gasteiger partial charge is 0.330 e. The van der Waals surface area contributed by atoms with Crippen LogP contribution in [-0.4, -0.2) is 25.0 Å². The molecule has 1 aliphatic rings. The molecule has 0 bridgehead atoms. The highest BCUT2D eigenvalue weighted by Crippen LogP contribution is 2.32. The van der Waals surface area contributed by atoms with E-state index in [9.17, 15) is 0 Å². The van der Waals surface area contributed by atoms with Gasteiger partial charge in [-0.05, 0) is 49.7 Å². The van der Waals surface area contributed by atoms with E-state index in [4.69, 9.17) is 5.73 Å². The molecule has 0 saturated carbocycles. The average Bonchev–Trinajstić information content (AvgIpc) is 2.22. The molecule has 2 nitrogen and oxygen atoms in total. The Morgan fingerprint density at radius 1 is 1.53 bits per heavy atom. The number of hydrogen-bond donors (Lipinski definition) is 1. The minimum absolute atomic E-state index is 0.506. The molecular formula is C12H17BrN2. The fourth-order valence-corrected chi connectivity index (χ4v) is 2.75. The fraction of sp³-hybridized carbons (Fsp3) is 0.500. The molecule has 0 saturated heterocycles. The molecular weight excluding hydrogens is 252 g/mol. The van der Waals surface area contributed by atoms with Crippen molar-refractivity contribution in [1.82, 2.24) is 4.90 Å². The fourth-order valence-electron chi connectivity index (χ4n) is 2.34. The summed E-state index contributed by atoms with van der Waals surface area (Å²) in [5.74, 6) is 0. The third kappa shape index (κ3) is 2.25. The van der Waals surface area contributed by atoms with Gasteiger partial charge < -0.3 is 5.73 Å². The summed E-state index contributed by atoms with van der Waals surface area (Å²) in [5, 5.41) is 0. The van der Waals surface area contributed by atoms with Crippen LogP contribution in [0.5, 0.6) is 0 Å². The zero-order valence-corrected chi connectivity index (χ0v) is 10.6. The SMILES string of the molecule is CN1CCc2cc(Br)ccc2C1CCN. The van der Waals surface area contributed by atoms with E-state index in [1.807, 2.05) is 0 Å². The van der Waals surface area contributed by atoms with E-state index >= 15 is 0 Å². The summed E-state index contributed by atoms with van der Waals surface area (Å²) in [7, 11) is 2.19. The molecule has 3 heteroatoms. The zero-order chi connectivity index (χ0) is 10.8. The van der Waals surface area contributed by atoms with Crippen molar-refractivity contribution in [3.8, 4) is 0 Å². The average molecular weight is 269 g/mol. The Balaban J connectivity index is 2.34. The second-order valence-corrected chi connectivity index (χ2v) is 5.08.